The van der Waals surface area contributed by atoms with Gasteiger partial charge in [0.15, 0.2) is 5.16 Å². The summed E-state index contributed by atoms with van der Waals surface area (Å²) >= 11 is 1.38. The summed E-state index contributed by atoms with van der Waals surface area (Å²) < 4.78 is 13.9. The number of benzene rings is 1. The van der Waals surface area contributed by atoms with Gasteiger partial charge in [0.05, 0.1) is 5.69 Å². The third-order valence-corrected chi connectivity index (χ3v) is 5.39. The Morgan fingerprint density at radius 2 is 1.96 bits per heavy atom. The van der Waals surface area contributed by atoms with Crippen LogP contribution in [0.2, 0.25) is 0 Å². The number of halogens is 1. The summed E-state index contributed by atoms with van der Waals surface area (Å²) in [6.07, 6.45) is 2.49. The molecule has 3 rings (SSSR count). The molecule has 2 aromatic rings. The molecule has 1 aromatic carbocycles. The van der Waals surface area contributed by atoms with Crippen LogP contribution in [0.25, 0.3) is 0 Å². The Labute approximate surface area is 161 Å². The molecule has 1 aromatic heterocycles. The minimum absolute atomic E-state index is 0.0101. The topological polar surface area (TPSA) is 69.3 Å². The first-order valence-corrected chi connectivity index (χ1v) is 10.1. The van der Waals surface area contributed by atoms with E-state index >= 15 is 0 Å². The predicted molar refractivity (Wildman–Crippen MR) is 105 cm³/mol. The van der Waals surface area contributed by atoms with Gasteiger partial charge in [0.25, 0.3) is 5.56 Å². The van der Waals surface area contributed by atoms with E-state index in [9.17, 15) is 14.0 Å². The largest absolute Gasteiger partial charge is 0.366 e. The number of nitrogens with one attached hydrogen (secondary N) is 1. The zero-order chi connectivity index (χ0) is 19.4. The van der Waals surface area contributed by atoms with E-state index in [2.05, 4.69) is 9.97 Å². The Morgan fingerprint density at radius 1 is 1.26 bits per heavy atom. The highest BCUT2D eigenvalue weighted by atomic mass is 32.2. The van der Waals surface area contributed by atoms with Crippen LogP contribution < -0.4 is 10.5 Å². The van der Waals surface area contributed by atoms with Crippen LogP contribution in [0, 0.1) is 12.7 Å². The number of para-hydroxylation sites is 1. The monoisotopic (exact) mass is 390 g/mol. The van der Waals surface area contributed by atoms with E-state index < -0.39 is 0 Å². The lowest BCUT2D eigenvalue weighted by atomic mass is 10.1. The number of hydrogen-bond donors (Lipinski definition) is 1. The van der Waals surface area contributed by atoms with Crippen molar-refractivity contribution in [1.29, 1.82) is 0 Å². The second-order valence-electron chi connectivity index (χ2n) is 6.46. The molecule has 0 bridgehead atoms. The van der Waals surface area contributed by atoms with Gasteiger partial charge in [-0.3, -0.25) is 9.59 Å². The molecule has 0 spiro atoms. The lowest BCUT2D eigenvalue weighted by Crippen LogP contribution is -2.49. The molecule has 0 unspecified atom stereocenters. The van der Waals surface area contributed by atoms with Crippen molar-refractivity contribution in [2.45, 2.75) is 24.9 Å². The Bertz CT molecular complexity index is 878. The summed E-state index contributed by atoms with van der Waals surface area (Å²) in [4.78, 5) is 35.5. The molecule has 0 radical (unpaired) electrons. The highest BCUT2D eigenvalue weighted by molar-refractivity contribution is 7.98. The minimum atomic E-state index is -0.242. The van der Waals surface area contributed by atoms with E-state index in [1.807, 2.05) is 17.2 Å². The summed E-state index contributed by atoms with van der Waals surface area (Å²) in [7, 11) is 0. The Balaban J connectivity index is 1.56. The Morgan fingerprint density at radius 3 is 2.59 bits per heavy atom. The normalized spacial score (nSPS) is 14.5. The van der Waals surface area contributed by atoms with Crippen molar-refractivity contribution in [3.8, 4) is 0 Å². The van der Waals surface area contributed by atoms with Gasteiger partial charge < -0.3 is 14.8 Å². The van der Waals surface area contributed by atoms with E-state index in [4.69, 9.17) is 0 Å². The van der Waals surface area contributed by atoms with E-state index in [1.54, 1.807) is 24.0 Å². The third-order valence-electron chi connectivity index (χ3n) is 4.81. The molecule has 0 atom stereocenters. The van der Waals surface area contributed by atoms with Gasteiger partial charge in [-0.25, -0.2) is 9.37 Å². The van der Waals surface area contributed by atoms with Crippen molar-refractivity contribution in [1.82, 2.24) is 14.9 Å². The van der Waals surface area contributed by atoms with Crippen LogP contribution in [-0.4, -0.2) is 53.2 Å². The molecular formula is C19H23FN4O2S. The van der Waals surface area contributed by atoms with Crippen molar-refractivity contribution in [2.75, 3.05) is 37.3 Å². The molecule has 1 aliphatic heterocycles. The lowest BCUT2D eigenvalue weighted by Gasteiger charge is -2.36. The van der Waals surface area contributed by atoms with E-state index in [1.165, 1.54) is 17.8 Å². The second kappa shape index (κ2) is 8.56. The number of hydrogen-bond acceptors (Lipinski definition) is 5. The summed E-state index contributed by atoms with van der Waals surface area (Å²) in [5.41, 5.74) is 1.63. The Hall–Kier alpha value is -2.35. The Kier molecular flexibility index (Phi) is 6.15. The fourth-order valence-corrected chi connectivity index (χ4v) is 3.69. The zero-order valence-corrected chi connectivity index (χ0v) is 16.3. The number of H-pyrrole nitrogens is 1. The molecule has 0 aliphatic carbocycles. The molecule has 1 N–H and O–H groups in total. The highest BCUT2D eigenvalue weighted by Crippen LogP contribution is 2.20. The fourth-order valence-electron chi connectivity index (χ4n) is 3.27. The number of piperazine rings is 1. The number of nitrogens with zero attached hydrogens (tertiary/aromatic N) is 3. The standard InChI is InChI=1S/C19H23FN4O2S/c1-13-14(18(26)22-19(21-13)27-2)7-8-17(25)24-11-9-23(10-12-24)16-6-4-3-5-15(16)20/h3-6H,7-12H2,1-2H3,(H,21,22,26). The number of rotatable bonds is 5. The first-order chi connectivity index (χ1) is 13.0. The zero-order valence-electron chi connectivity index (χ0n) is 15.5. The third kappa shape index (κ3) is 4.50. The average Bonchev–Trinajstić information content (AvgIpc) is 2.67. The molecule has 6 nitrogen and oxygen atoms in total. The number of thioether (sulfide) groups is 1. The van der Waals surface area contributed by atoms with Crippen molar-refractivity contribution in [3.63, 3.8) is 0 Å². The smallest absolute Gasteiger partial charge is 0.254 e. The molecular weight excluding hydrogens is 367 g/mol. The first-order valence-electron chi connectivity index (χ1n) is 8.90. The van der Waals surface area contributed by atoms with Crippen LogP contribution in [0.15, 0.2) is 34.2 Å². The maximum Gasteiger partial charge on any atom is 0.254 e. The molecule has 2 heterocycles. The molecule has 144 valence electrons. The first kappa shape index (κ1) is 19.4. The molecule has 1 amide bonds. The van der Waals surface area contributed by atoms with Gasteiger partial charge in [-0.1, -0.05) is 23.9 Å². The highest BCUT2D eigenvalue weighted by Gasteiger charge is 2.23. The van der Waals surface area contributed by atoms with Crippen LogP contribution in [0.5, 0.6) is 0 Å². The van der Waals surface area contributed by atoms with Gasteiger partial charge in [-0.05, 0) is 31.7 Å². The quantitative estimate of drug-likeness (QED) is 0.626. The van der Waals surface area contributed by atoms with Gasteiger partial charge >= 0.3 is 0 Å². The molecule has 1 fully saturated rings. The van der Waals surface area contributed by atoms with Crippen LogP contribution >= 0.6 is 11.8 Å². The minimum Gasteiger partial charge on any atom is -0.366 e. The van der Waals surface area contributed by atoms with E-state index in [-0.39, 0.29) is 23.7 Å². The average molecular weight is 390 g/mol. The molecule has 0 saturated carbocycles. The van der Waals surface area contributed by atoms with Crippen LogP contribution in [0.1, 0.15) is 17.7 Å². The van der Waals surface area contributed by atoms with Gasteiger partial charge in [0.2, 0.25) is 5.91 Å². The van der Waals surface area contributed by atoms with Crippen LogP contribution in [0.3, 0.4) is 0 Å². The number of carbonyl (C=O) groups excluding carboxylic acids is 1. The number of anilines is 1. The van der Waals surface area contributed by atoms with Crippen molar-refractivity contribution in [3.05, 3.63) is 51.7 Å². The van der Waals surface area contributed by atoms with E-state index in [0.717, 1.165) is 0 Å². The summed E-state index contributed by atoms with van der Waals surface area (Å²) in [6, 6.07) is 6.69. The van der Waals surface area contributed by atoms with E-state index in [0.29, 0.717) is 54.7 Å². The summed E-state index contributed by atoms with van der Waals surface area (Å²) in [5, 5.41) is 0.580. The number of carbonyl (C=O) groups is 1. The van der Waals surface area contributed by atoms with Crippen molar-refractivity contribution < 1.29 is 9.18 Å². The van der Waals surface area contributed by atoms with Gasteiger partial charge in [-0.15, -0.1) is 0 Å². The van der Waals surface area contributed by atoms with Gasteiger partial charge in [-0.2, -0.15) is 0 Å². The number of aromatic amines is 1. The van der Waals surface area contributed by atoms with Gasteiger partial charge in [0, 0.05) is 43.9 Å². The van der Waals surface area contributed by atoms with Crippen molar-refractivity contribution >= 4 is 23.4 Å². The number of aryl methyl sites for hydroxylation is 1. The van der Waals surface area contributed by atoms with Gasteiger partial charge in [0.1, 0.15) is 5.82 Å². The molecule has 1 saturated heterocycles. The second-order valence-corrected chi connectivity index (χ2v) is 7.25. The maximum atomic E-state index is 13.9. The molecule has 1 aliphatic rings. The number of aromatic nitrogens is 2. The summed E-state index contributed by atoms with van der Waals surface area (Å²) in [5.74, 6) is -0.232. The van der Waals surface area contributed by atoms with Crippen LogP contribution in [0.4, 0.5) is 10.1 Å². The SMILES string of the molecule is CSc1nc(C)c(CCC(=O)N2CCN(c3ccccc3F)CC2)c(=O)[nH]1. The fraction of sp³-hybridized carbons (Fsp3) is 0.421. The predicted octanol–water partition coefficient (Wildman–Crippen LogP) is 2.22. The molecule has 27 heavy (non-hydrogen) atoms. The lowest BCUT2D eigenvalue weighted by molar-refractivity contribution is -0.131. The summed E-state index contributed by atoms with van der Waals surface area (Å²) in [6.45, 7) is 4.08. The maximum absolute atomic E-state index is 13.9. The number of amides is 1. The van der Waals surface area contributed by atoms with Crippen molar-refractivity contribution in [2.24, 2.45) is 0 Å². The van der Waals surface area contributed by atoms with Crippen LogP contribution in [-0.2, 0) is 11.2 Å². The molecule has 8 heteroatoms.